The number of hydrogen-bond acceptors (Lipinski definition) is 5. The summed E-state index contributed by atoms with van der Waals surface area (Å²) in [5.41, 5.74) is 6.46. The maximum absolute atomic E-state index is 5.55. The zero-order valence-electron chi connectivity index (χ0n) is 16.3. The highest BCUT2D eigenvalue weighted by Crippen LogP contribution is 2.41. The Morgan fingerprint density at radius 1 is 0.931 bits per heavy atom. The molecule has 29 heavy (non-hydrogen) atoms. The number of ether oxygens (including phenoxy) is 1. The first-order chi connectivity index (χ1) is 14.1. The van der Waals surface area contributed by atoms with Crippen molar-refractivity contribution >= 4 is 10.9 Å². The lowest BCUT2D eigenvalue weighted by Crippen LogP contribution is -1.97. The van der Waals surface area contributed by atoms with Gasteiger partial charge in [0.25, 0.3) is 0 Å². The number of para-hydroxylation sites is 1. The van der Waals surface area contributed by atoms with Crippen molar-refractivity contribution in [2.24, 2.45) is 14.1 Å². The smallest absolute Gasteiger partial charge is 0.242 e. The molecule has 0 amide bonds. The number of methoxy groups -OCH3 is 1. The normalized spacial score (nSPS) is 11.3. The van der Waals surface area contributed by atoms with Gasteiger partial charge in [0.1, 0.15) is 0 Å². The number of aromatic amines is 1. The van der Waals surface area contributed by atoms with Gasteiger partial charge in [-0.05, 0) is 12.1 Å². The third-order valence-corrected chi connectivity index (χ3v) is 4.92. The molecule has 4 aromatic heterocycles. The van der Waals surface area contributed by atoms with Crippen LogP contribution in [0.4, 0.5) is 0 Å². The van der Waals surface area contributed by atoms with E-state index in [9.17, 15) is 0 Å². The monoisotopic (exact) mass is 385 g/mol. The summed E-state index contributed by atoms with van der Waals surface area (Å²) in [5.74, 6) is 0.453. The fourth-order valence-electron chi connectivity index (χ4n) is 3.60. The summed E-state index contributed by atoms with van der Waals surface area (Å²) in [6.07, 6.45) is 7.55. The van der Waals surface area contributed by atoms with Crippen LogP contribution >= 0.6 is 0 Å². The first kappa shape index (κ1) is 17.2. The van der Waals surface area contributed by atoms with Gasteiger partial charge in [-0.25, -0.2) is 0 Å². The van der Waals surface area contributed by atoms with Crippen LogP contribution in [0.5, 0.6) is 5.88 Å². The molecule has 0 radical (unpaired) electrons. The molecule has 1 aromatic carbocycles. The minimum atomic E-state index is 0.453. The number of rotatable bonds is 4. The first-order valence-electron chi connectivity index (χ1n) is 9.15. The van der Waals surface area contributed by atoms with Crippen LogP contribution in [0.25, 0.3) is 44.5 Å². The van der Waals surface area contributed by atoms with Gasteiger partial charge in [0.2, 0.25) is 5.88 Å². The number of nitrogens with zero attached hydrogens (tertiary/aromatic N) is 6. The minimum absolute atomic E-state index is 0.453. The molecule has 8 nitrogen and oxygen atoms in total. The fraction of sp³-hybridized carbons (Fsp3) is 0.143. The van der Waals surface area contributed by atoms with Gasteiger partial charge < -0.3 is 9.72 Å². The number of nitrogens with one attached hydrogen (secondary N) is 1. The molecule has 5 rings (SSSR count). The van der Waals surface area contributed by atoms with Crippen molar-refractivity contribution in [2.75, 3.05) is 7.11 Å². The Balaban J connectivity index is 1.79. The van der Waals surface area contributed by atoms with Crippen molar-refractivity contribution in [1.82, 2.24) is 34.7 Å². The van der Waals surface area contributed by atoms with Crippen LogP contribution in [0.3, 0.4) is 0 Å². The van der Waals surface area contributed by atoms with Crippen LogP contribution < -0.4 is 4.74 Å². The molecule has 1 N–H and O–H groups in total. The summed E-state index contributed by atoms with van der Waals surface area (Å²) in [5, 5.41) is 18.3. The SMILES string of the molecule is COc1nnc(-c2cnn(C)c2)cc1-c1[nH]c2ccccc2c1-c1cnn(C)c1. The summed E-state index contributed by atoms with van der Waals surface area (Å²) < 4.78 is 9.09. The molecule has 0 aliphatic rings. The number of aromatic nitrogens is 7. The molecule has 4 heterocycles. The van der Waals surface area contributed by atoms with Crippen LogP contribution in [0.15, 0.2) is 55.1 Å². The molecule has 5 aromatic rings. The van der Waals surface area contributed by atoms with E-state index in [1.807, 2.05) is 50.9 Å². The molecular formula is C21H19N7O. The number of benzene rings is 1. The van der Waals surface area contributed by atoms with E-state index in [0.717, 1.165) is 44.5 Å². The van der Waals surface area contributed by atoms with Crippen molar-refractivity contribution < 1.29 is 4.74 Å². The Hall–Kier alpha value is -3.94. The van der Waals surface area contributed by atoms with Crippen LogP contribution in [0.1, 0.15) is 0 Å². The molecule has 8 heteroatoms. The molecule has 0 bridgehead atoms. The fourth-order valence-corrected chi connectivity index (χ4v) is 3.60. The lowest BCUT2D eigenvalue weighted by molar-refractivity contribution is 0.394. The van der Waals surface area contributed by atoms with E-state index in [0.29, 0.717) is 5.88 Å². The van der Waals surface area contributed by atoms with Crippen molar-refractivity contribution in [3.05, 3.63) is 55.1 Å². The maximum atomic E-state index is 5.55. The third kappa shape index (κ3) is 2.85. The van der Waals surface area contributed by atoms with Gasteiger partial charge in [0, 0.05) is 54.1 Å². The molecule has 0 saturated carbocycles. The Labute approximate surface area is 166 Å². The topological polar surface area (TPSA) is 86.4 Å². The Bertz CT molecular complexity index is 1330. The first-order valence-corrected chi connectivity index (χ1v) is 9.15. The second-order valence-corrected chi connectivity index (χ2v) is 6.88. The molecule has 0 atom stereocenters. The average molecular weight is 385 g/mol. The largest absolute Gasteiger partial charge is 0.479 e. The maximum Gasteiger partial charge on any atom is 0.242 e. The highest BCUT2D eigenvalue weighted by Gasteiger charge is 2.21. The van der Waals surface area contributed by atoms with Gasteiger partial charge in [-0.3, -0.25) is 9.36 Å². The van der Waals surface area contributed by atoms with Crippen LogP contribution in [0.2, 0.25) is 0 Å². The summed E-state index contributed by atoms with van der Waals surface area (Å²) >= 11 is 0. The van der Waals surface area contributed by atoms with Gasteiger partial charge in [0.05, 0.1) is 36.5 Å². The molecule has 0 aliphatic carbocycles. The van der Waals surface area contributed by atoms with Crippen molar-refractivity contribution in [3.8, 4) is 39.5 Å². The van der Waals surface area contributed by atoms with E-state index in [-0.39, 0.29) is 0 Å². The summed E-state index contributed by atoms with van der Waals surface area (Å²) in [7, 11) is 5.39. The number of aryl methyl sites for hydroxylation is 2. The zero-order chi connectivity index (χ0) is 20.0. The number of fused-ring (bicyclic) bond motifs is 1. The highest BCUT2D eigenvalue weighted by molar-refractivity contribution is 6.04. The molecular weight excluding hydrogens is 366 g/mol. The summed E-state index contributed by atoms with van der Waals surface area (Å²) in [4.78, 5) is 3.54. The van der Waals surface area contributed by atoms with E-state index >= 15 is 0 Å². The lowest BCUT2D eigenvalue weighted by Gasteiger charge is -2.09. The van der Waals surface area contributed by atoms with Crippen LogP contribution in [-0.4, -0.2) is 41.9 Å². The van der Waals surface area contributed by atoms with Crippen LogP contribution in [0, 0.1) is 0 Å². The number of H-pyrrole nitrogens is 1. The Kier molecular flexibility index (Phi) is 3.90. The van der Waals surface area contributed by atoms with Crippen molar-refractivity contribution in [3.63, 3.8) is 0 Å². The van der Waals surface area contributed by atoms with E-state index in [1.54, 1.807) is 22.7 Å². The molecule has 0 unspecified atom stereocenters. The van der Waals surface area contributed by atoms with Gasteiger partial charge in [-0.15, -0.1) is 10.2 Å². The molecule has 0 fully saturated rings. The quantitative estimate of drug-likeness (QED) is 0.512. The predicted octanol–water partition coefficient (Wildman–Crippen LogP) is 3.43. The summed E-state index contributed by atoms with van der Waals surface area (Å²) in [6.45, 7) is 0. The van der Waals surface area contributed by atoms with E-state index in [1.165, 1.54) is 0 Å². The van der Waals surface area contributed by atoms with Gasteiger partial charge in [-0.1, -0.05) is 18.2 Å². The van der Waals surface area contributed by atoms with E-state index < -0.39 is 0 Å². The second-order valence-electron chi connectivity index (χ2n) is 6.88. The zero-order valence-corrected chi connectivity index (χ0v) is 16.3. The highest BCUT2D eigenvalue weighted by atomic mass is 16.5. The lowest BCUT2D eigenvalue weighted by atomic mass is 10.0. The molecule has 0 spiro atoms. The van der Waals surface area contributed by atoms with Gasteiger partial charge >= 0.3 is 0 Å². The number of hydrogen-bond donors (Lipinski definition) is 1. The third-order valence-electron chi connectivity index (χ3n) is 4.92. The second kappa shape index (κ2) is 6.59. The molecule has 0 aliphatic heterocycles. The van der Waals surface area contributed by atoms with E-state index in [2.05, 4.69) is 37.5 Å². The molecule has 144 valence electrons. The Morgan fingerprint density at radius 3 is 2.34 bits per heavy atom. The minimum Gasteiger partial charge on any atom is -0.479 e. The summed E-state index contributed by atoms with van der Waals surface area (Å²) in [6, 6.07) is 10.2. The van der Waals surface area contributed by atoms with Gasteiger partial charge in [0.15, 0.2) is 0 Å². The van der Waals surface area contributed by atoms with Crippen LogP contribution in [-0.2, 0) is 14.1 Å². The van der Waals surface area contributed by atoms with Crippen molar-refractivity contribution in [1.29, 1.82) is 0 Å². The van der Waals surface area contributed by atoms with E-state index in [4.69, 9.17) is 4.74 Å². The standard InChI is InChI=1S/C21H19N7O/c1-27-11-13(9-22-27)18-8-16(21(29-3)26-25-18)20-19(14-10-23-28(2)12-14)15-6-4-5-7-17(15)24-20/h4-12,24H,1-3H3. The molecule has 0 saturated heterocycles. The van der Waals surface area contributed by atoms with Crippen molar-refractivity contribution in [2.45, 2.75) is 0 Å². The predicted molar refractivity (Wildman–Crippen MR) is 110 cm³/mol. The Morgan fingerprint density at radius 2 is 1.66 bits per heavy atom. The average Bonchev–Trinajstić information content (AvgIpc) is 3.45. The van der Waals surface area contributed by atoms with Gasteiger partial charge in [-0.2, -0.15) is 10.2 Å².